The Morgan fingerprint density at radius 1 is 1.38 bits per heavy atom. The number of carbonyl (C=O) groups excluding carboxylic acids is 1. The van der Waals surface area contributed by atoms with E-state index in [9.17, 15) is 4.79 Å². The summed E-state index contributed by atoms with van der Waals surface area (Å²) in [5, 5.41) is 0. The van der Waals surface area contributed by atoms with Crippen LogP contribution in [0.15, 0.2) is 18.2 Å². The largest absolute Gasteiger partial charge is 0.384 e. The molecule has 6 heteroatoms. The lowest BCUT2D eigenvalue weighted by molar-refractivity contribution is -0.144. The number of amides is 1. The summed E-state index contributed by atoms with van der Waals surface area (Å²) in [5.41, 5.74) is 12.1. The van der Waals surface area contributed by atoms with Gasteiger partial charge in [-0.1, -0.05) is 18.9 Å². The fraction of sp³-hybridized carbons (Fsp3) is 0.600. The Balaban J connectivity index is 1.72. The number of nitrogens with zero attached hydrogens (tertiary/aromatic N) is 2. The van der Waals surface area contributed by atoms with Crippen LogP contribution in [0.4, 0.5) is 5.82 Å². The van der Waals surface area contributed by atoms with Crippen molar-refractivity contribution < 1.29 is 9.53 Å². The molecule has 1 saturated carbocycles. The average molecular weight is 290 g/mol. The van der Waals surface area contributed by atoms with Crippen molar-refractivity contribution in [3.8, 4) is 0 Å². The first-order valence-corrected chi connectivity index (χ1v) is 7.51. The summed E-state index contributed by atoms with van der Waals surface area (Å²) in [6, 6.07) is 5.47. The van der Waals surface area contributed by atoms with Crippen LogP contribution >= 0.6 is 0 Å². The topological polar surface area (TPSA) is 94.5 Å². The summed E-state index contributed by atoms with van der Waals surface area (Å²) >= 11 is 0. The second kappa shape index (κ2) is 5.61. The summed E-state index contributed by atoms with van der Waals surface area (Å²) in [4.78, 5) is 18.8. The van der Waals surface area contributed by atoms with E-state index in [1.54, 1.807) is 6.07 Å². The van der Waals surface area contributed by atoms with E-state index in [2.05, 4.69) is 4.98 Å². The number of pyridine rings is 1. The molecule has 6 nitrogen and oxygen atoms in total. The Bertz CT molecular complexity index is 528. The number of ether oxygens (including phenoxy) is 1. The minimum atomic E-state index is -0.676. The first-order chi connectivity index (χ1) is 10.1. The van der Waals surface area contributed by atoms with Crippen molar-refractivity contribution in [1.82, 2.24) is 9.88 Å². The monoisotopic (exact) mass is 290 g/mol. The maximum Gasteiger partial charge on any atom is 0.242 e. The zero-order chi connectivity index (χ0) is 14.9. The summed E-state index contributed by atoms with van der Waals surface area (Å²) in [5.74, 6) is 0.517. The average Bonchev–Trinajstić information content (AvgIpc) is 2.95. The van der Waals surface area contributed by atoms with Gasteiger partial charge in [0.2, 0.25) is 5.91 Å². The zero-order valence-electron chi connectivity index (χ0n) is 12.1. The number of aromatic nitrogens is 1. The lowest BCUT2D eigenvalue weighted by atomic mass is 9.96. The Morgan fingerprint density at radius 3 is 2.86 bits per heavy atom. The van der Waals surface area contributed by atoms with Gasteiger partial charge in [-0.15, -0.1) is 0 Å². The third-order valence-corrected chi connectivity index (χ3v) is 4.40. The van der Waals surface area contributed by atoms with Gasteiger partial charge < -0.3 is 21.1 Å². The van der Waals surface area contributed by atoms with Gasteiger partial charge >= 0.3 is 0 Å². The second-order valence-electron chi connectivity index (χ2n) is 5.96. The van der Waals surface area contributed by atoms with Gasteiger partial charge in [0.05, 0.1) is 24.4 Å². The fourth-order valence-electron chi connectivity index (χ4n) is 3.20. The molecule has 2 heterocycles. The highest BCUT2D eigenvalue weighted by atomic mass is 16.5. The first-order valence-electron chi connectivity index (χ1n) is 7.51. The smallest absolute Gasteiger partial charge is 0.242 e. The molecule has 1 amide bonds. The van der Waals surface area contributed by atoms with E-state index < -0.39 is 5.54 Å². The van der Waals surface area contributed by atoms with Gasteiger partial charge in [0.1, 0.15) is 11.9 Å². The second-order valence-corrected chi connectivity index (χ2v) is 5.96. The van der Waals surface area contributed by atoms with E-state index >= 15 is 0 Å². The van der Waals surface area contributed by atoms with E-state index in [1.807, 2.05) is 17.0 Å². The predicted octanol–water partition coefficient (Wildman–Crippen LogP) is 0.835. The van der Waals surface area contributed by atoms with Crippen LogP contribution in [0.2, 0.25) is 0 Å². The van der Waals surface area contributed by atoms with Crippen LogP contribution in [0.25, 0.3) is 0 Å². The molecule has 0 bridgehead atoms. The number of rotatable bonds is 2. The number of morpholine rings is 1. The van der Waals surface area contributed by atoms with Gasteiger partial charge in [0, 0.05) is 6.54 Å². The molecule has 1 aromatic heterocycles. The molecule has 4 N–H and O–H groups in total. The number of hydrogen-bond acceptors (Lipinski definition) is 5. The summed E-state index contributed by atoms with van der Waals surface area (Å²) < 4.78 is 5.74. The van der Waals surface area contributed by atoms with E-state index in [4.69, 9.17) is 16.2 Å². The number of nitrogens with two attached hydrogens (primary N) is 2. The molecular weight excluding hydrogens is 268 g/mol. The molecule has 0 spiro atoms. The van der Waals surface area contributed by atoms with Crippen LogP contribution in [0.1, 0.15) is 37.5 Å². The zero-order valence-corrected chi connectivity index (χ0v) is 12.1. The Labute approximate surface area is 124 Å². The van der Waals surface area contributed by atoms with Crippen molar-refractivity contribution in [1.29, 1.82) is 0 Å². The van der Waals surface area contributed by atoms with Crippen molar-refractivity contribution in [3.63, 3.8) is 0 Å². The molecular formula is C15H22N4O2. The number of carbonyl (C=O) groups is 1. The van der Waals surface area contributed by atoms with E-state index in [0.717, 1.165) is 31.4 Å². The van der Waals surface area contributed by atoms with Crippen molar-refractivity contribution in [2.45, 2.75) is 37.3 Å². The van der Waals surface area contributed by atoms with Crippen molar-refractivity contribution in [3.05, 3.63) is 23.9 Å². The van der Waals surface area contributed by atoms with Crippen LogP contribution in [-0.2, 0) is 9.53 Å². The highest BCUT2D eigenvalue weighted by Crippen LogP contribution is 2.31. The number of nitrogen functional groups attached to an aromatic ring is 1. The fourth-order valence-corrected chi connectivity index (χ4v) is 3.20. The first kappa shape index (κ1) is 14.3. The van der Waals surface area contributed by atoms with Crippen LogP contribution in [0, 0.1) is 0 Å². The number of anilines is 1. The Hall–Kier alpha value is -1.66. The van der Waals surface area contributed by atoms with Gasteiger partial charge in [0.15, 0.2) is 0 Å². The van der Waals surface area contributed by atoms with Gasteiger partial charge in [-0.25, -0.2) is 4.98 Å². The number of hydrogen-bond donors (Lipinski definition) is 2. The maximum absolute atomic E-state index is 12.7. The molecule has 21 heavy (non-hydrogen) atoms. The van der Waals surface area contributed by atoms with E-state index in [0.29, 0.717) is 25.5 Å². The third kappa shape index (κ3) is 2.87. The Kier molecular flexibility index (Phi) is 3.82. The predicted molar refractivity (Wildman–Crippen MR) is 79.3 cm³/mol. The quantitative estimate of drug-likeness (QED) is 0.841. The van der Waals surface area contributed by atoms with Gasteiger partial charge in [-0.05, 0) is 25.0 Å². The molecule has 1 aliphatic heterocycles. The molecule has 2 aliphatic rings. The van der Waals surface area contributed by atoms with Gasteiger partial charge in [0.25, 0.3) is 0 Å². The molecule has 0 aromatic carbocycles. The highest BCUT2D eigenvalue weighted by molar-refractivity contribution is 5.86. The Morgan fingerprint density at radius 2 is 2.14 bits per heavy atom. The van der Waals surface area contributed by atoms with Crippen LogP contribution in [-0.4, -0.2) is 41.0 Å². The lowest BCUT2D eigenvalue weighted by Gasteiger charge is -2.37. The minimum absolute atomic E-state index is 0.0530. The summed E-state index contributed by atoms with van der Waals surface area (Å²) in [7, 11) is 0. The highest BCUT2D eigenvalue weighted by Gasteiger charge is 2.41. The normalized spacial score (nSPS) is 25.0. The van der Waals surface area contributed by atoms with Crippen molar-refractivity contribution in [2.24, 2.45) is 5.73 Å². The molecule has 1 unspecified atom stereocenters. The van der Waals surface area contributed by atoms with Crippen LogP contribution in [0.5, 0.6) is 0 Å². The molecule has 1 aromatic rings. The van der Waals surface area contributed by atoms with Gasteiger partial charge in [-0.3, -0.25) is 4.79 Å². The van der Waals surface area contributed by atoms with Crippen LogP contribution in [0.3, 0.4) is 0 Å². The van der Waals surface area contributed by atoms with Crippen molar-refractivity contribution in [2.75, 3.05) is 25.4 Å². The SMILES string of the molecule is Nc1cccc(C2CN(C(=O)C3(N)CCCC3)CCO2)n1. The van der Waals surface area contributed by atoms with Crippen LogP contribution < -0.4 is 11.5 Å². The maximum atomic E-state index is 12.7. The molecule has 1 atom stereocenters. The van der Waals surface area contributed by atoms with E-state index in [-0.39, 0.29) is 12.0 Å². The molecule has 114 valence electrons. The standard InChI is InChI=1S/C15H22N4O2/c16-13-5-3-4-11(18-13)12-10-19(8-9-21-12)14(20)15(17)6-1-2-7-15/h3-5,12H,1-2,6-10,17H2,(H2,16,18). The molecule has 1 saturated heterocycles. The molecule has 0 radical (unpaired) electrons. The molecule has 1 aliphatic carbocycles. The van der Waals surface area contributed by atoms with Gasteiger partial charge in [-0.2, -0.15) is 0 Å². The summed E-state index contributed by atoms with van der Waals surface area (Å²) in [6.07, 6.45) is 3.41. The van der Waals surface area contributed by atoms with E-state index in [1.165, 1.54) is 0 Å². The summed E-state index contributed by atoms with van der Waals surface area (Å²) in [6.45, 7) is 1.59. The molecule has 3 rings (SSSR count). The lowest BCUT2D eigenvalue weighted by Crippen LogP contribution is -2.56. The third-order valence-electron chi connectivity index (χ3n) is 4.40. The van der Waals surface area contributed by atoms with Crippen molar-refractivity contribution >= 4 is 11.7 Å². The molecule has 2 fully saturated rings. The minimum Gasteiger partial charge on any atom is -0.384 e.